The Morgan fingerprint density at radius 1 is 1.11 bits per heavy atom. The van der Waals surface area contributed by atoms with Crippen LogP contribution in [0.25, 0.3) is 0 Å². The molecule has 110 valence electrons. The molecular weight excluding hydrogens is 240 g/mol. The largest absolute Gasteiger partial charge is 0.368 e. The molecule has 18 heavy (non-hydrogen) atoms. The monoisotopic (exact) mass is 266 g/mol. The summed E-state index contributed by atoms with van der Waals surface area (Å²) in [5, 5.41) is 30.0. The predicted octanol–water partition coefficient (Wildman–Crippen LogP) is 0.447. The first-order valence-electron chi connectivity index (χ1n) is 6.02. The molecule has 0 aromatic carbocycles. The van der Waals surface area contributed by atoms with E-state index in [1.54, 1.807) is 0 Å². The summed E-state index contributed by atoms with van der Waals surface area (Å²) in [7, 11) is 3.99. The van der Waals surface area contributed by atoms with Gasteiger partial charge in [-0.1, -0.05) is 13.8 Å². The fourth-order valence-corrected chi connectivity index (χ4v) is 1.75. The van der Waals surface area contributed by atoms with E-state index in [0.717, 1.165) is 0 Å². The van der Waals surface area contributed by atoms with Crippen LogP contribution in [0.4, 0.5) is 0 Å². The number of aliphatic hydroxyl groups excluding tert-OH is 1. The van der Waals surface area contributed by atoms with Crippen molar-refractivity contribution in [2.75, 3.05) is 21.3 Å². The Balaban J connectivity index is 4.85. The van der Waals surface area contributed by atoms with Crippen molar-refractivity contribution in [2.45, 2.75) is 51.0 Å². The summed E-state index contributed by atoms with van der Waals surface area (Å²) in [6.07, 6.45) is -0.852. The molecule has 0 aliphatic carbocycles. The third kappa shape index (κ3) is 4.79. The lowest BCUT2D eigenvalue weighted by Gasteiger charge is -2.39. The Hall–Kier alpha value is -0.240. The van der Waals surface area contributed by atoms with Crippen molar-refractivity contribution in [3.05, 3.63) is 0 Å². The van der Waals surface area contributed by atoms with Crippen molar-refractivity contribution >= 4 is 0 Å². The highest BCUT2D eigenvalue weighted by atomic mass is 16.6. The Bertz CT molecular complexity index is 237. The summed E-state index contributed by atoms with van der Waals surface area (Å²) in [6.45, 7) is 3.72. The molecule has 0 amide bonds. The molecule has 0 aromatic heterocycles. The van der Waals surface area contributed by atoms with Crippen LogP contribution in [0.2, 0.25) is 0 Å². The molecule has 0 heterocycles. The van der Waals surface area contributed by atoms with Gasteiger partial charge in [-0.15, -0.1) is 0 Å². The normalized spacial score (nSPS) is 22.0. The highest BCUT2D eigenvalue weighted by Gasteiger charge is 2.43. The first-order chi connectivity index (χ1) is 8.26. The number of methoxy groups -OCH3 is 3. The second kappa shape index (κ2) is 7.37. The zero-order valence-electron chi connectivity index (χ0n) is 11.8. The summed E-state index contributed by atoms with van der Waals surface area (Å²) in [6, 6.07) is 0. The molecule has 3 N–H and O–H groups in total. The van der Waals surface area contributed by atoms with Gasteiger partial charge < -0.3 is 29.5 Å². The molecule has 0 rings (SSSR count). The standard InChI is InChI=1S/C12H26O6/c1-6-9(2)12(15,18-5)8-11(14,17-4)7-10(13)16-3/h9-10,13-15H,6-8H2,1-5H3. The van der Waals surface area contributed by atoms with Gasteiger partial charge in [0.1, 0.15) is 0 Å². The average Bonchev–Trinajstić information content (AvgIpc) is 2.37. The maximum Gasteiger partial charge on any atom is 0.175 e. The van der Waals surface area contributed by atoms with Crippen molar-refractivity contribution in [1.82, 2.24) is 0 Å². The number of hydrogen-bond donors (Lipinski definition) is 3. The van der Waals surface area contributed by atoms with Gasteiger partial charge in [-0.3, -0.25) is 0 Å². The van der Waals surface area contributed by atoms with Crippen LogP contribution in [0.5, 0.6) is 0 Å². The third-order valence-corrected chi connectivity index (χ3v) is 3.41. The summed E-state index contributed by atoms with van der Waals surface area (Å²) in [4.78, 5) is 0. The molecule has 0 spiro atoms. The van der Waals surface area contributed by atoms with Crippen LogP contribution in [0, 0.1) is 5.92 Å². The van der Waals surface area contributed by atoms with Crippen LogP contribution in [0.1, 0.15) is 33.1 Å². The zero-order valence-corrected chi connectivity index (χ0v) is 11.8. The van der Waals surface area contributed by atoms with E-state index in [4.69, 9.17) is 9.47 Å². The Kier molecular flexibility index (Phi) is 7.28. The fourth-order valence-electron chi connectivity index (χ4n) is 1.75. The Morgan fingerprint density at radius 2 is 1.67 bits per heavy atom. The van der Waals surface area contributed by atoms with Crippen LogP contribution >= 0.6 is 0 Å². The van der Waals surface area contributed by atoms with E-state index in [0.29, 0.717) is 6.42 Å². The van der Waals surface area contributed by atoms with Crippen molar-refractivity contribution in [2.24, 2.45) is 5.92 Å². The SMILES string of the molecule is CCC(C)C(O)(CC(O)(CC(O)OC)OC)OC. The van der Waals surface area contributed by atoms with E-state index in [-0.39, 0.29) is 18.8 Å². The van der Waals surface area contributed by atoms with Crippen LogP contribution in [0.3, 0.4) is 0 Å². The Morgan fingerprint density at radius 3 is 2.00 bits per heavy atom. The van der Waals surface area contributed by atoms with Gasteiger partial charge in [0.15, 0.2) is 17.9 Å². The van der Waals surface area contributed by atoms with Gasteiger partial charge in [0.05, 0.1) is 12.8 Å². The van der Waals surface area contributed by atoms with Crippen molar-refractivity contribution in [1.29, 1.82) is 0 Å². The smallest absolute Gasteiger partial charge is 0.175 e. The van der Waals surface area contributed by atoms with E-state index in [9.17, 15) is 15.3 Å². The lowest BCUT2D eigenvalue weighted by atomic mass is 9.90. The Labute approximate surface area is 108 Å². The molecule has 4 unspecified atom stereocenters. The predicted molar refractivity (Wildman–Crippen MR) is 65.6 cm³/mol. The maximum absolute atomic E-state index is 10.4. The minimum atomic E-state index is -1.72. The quantitative estimate of drug-likeness (QED) is 0.525. The van der Waals surface area contributed by atoms with Gasteiger partial charge in [0.2, 0.25) is 0 Å². The van der Waals surface area contributed by atoms with Crippen LogP contribution in [-0.2, 0) is 14.2 Å². The molecule has 0 aromatic rings. The molecule has 0 saturated carbocycles. The highest BCUT2D eigenvalue weighted by molar-refractivity contribution is 4.82. The topological polar surface area (TPSA) is 88.4 Å². The number of hydrogen-bond acceptors (Lipinski definition) is 6. The molecule has 4 atom stereocenters. The molecular formula is C12H26O6. The van der Waals surface area contributed by atoms with E-state index in [2.05, 4.69) is 4.74 Å². The van der Waals surface area contributed by atoms with Crippen LogP contribution in [0.15, 0.2) is 0 Å². The third-order valence-electron chi connectivity index (χ3n) is 3.41. The molecule has 6 heteroatoms. The van der Waals surface area contributed by atoms with Gasteiger partial charge in [-0.2, -0.15) is 0 Å². The zero-order chi connectivity index (χ0) is 14.4. The minimum Gasteiger partial charge on any atom is -0.368 e. The number of aliphatic hydroxyl groups is 3. The van der Waals surface area contributed by atoms with Gasteiger partial charge in [-0.05, 0) is 6.42 Å². The van der Waals surface area contributed by atoms with Crippen molar-refractivity contribution < 1.29 is 29.5 Å². The molecule has 6 nitrogen and oxygen atoms in total. The van der Waals surface area contributed by atoms with Crippen LogP contribution in [-0.4, -0.2) is 54.5 Å². The summed E-state index contributed by atoms with van der Waals surface area (Å²) >= 11 is 0. The molecule has 0 aliphatic rings. The van der Waals surface area contributed by atoms with Gasteiger partial charge in [-0.25, -0.2) is 0 Å². The second-order valence-corrected chi connectivity index (χ2v) is 4.58. The van der Waals surface area contributed by atoms with Crippen molar-refractivity contribution in [3.8, 4) is 0 Å². The first kappa shape index (κ1) is 17.8. The lowest BCUT2D eigenvalue weighted by molar-refractivity contribution is -0.305. The van der Waals surface area contributed by atoms with E-state index in [1.807, 2.05) is 13.8 Å². The van der Waals surface area contributed by atoms with Gasteiger partial charge in [0, 0.05) is 27.2 Å². The second-order valence-electron chi connectivity index (χ2n) is 4.58. The van der Waals surface area contributed by atoms with Crippen LogP contribution < -0.4 is 0 Å². The first-order valence-corrected chi connectivity index (χ1v) is 6.02. The lowest BCUT2D eigenvalue weighted by Crippen LogP contribution is -2.49. The van der Waals surface area contributed by atoms with E-state index in [1.165, 1.54) is 21.3 Å². The molecule has 0 aliphatic heterocycles. The summed E-state index contributed by atoms with van der Waals surface area (Å²) in [5.74, 6) is -3.43. The molecule has 0 saturated heterocycles. The van der Waals surface area contributed by atoms with E-state index >= 15 is 0 Å². The summed E-state index contributed by atoms with van der Waals surface area (Å²) < 4.78 is 14.8. The molecule has 0 fully saturated rings. The fraction of sp³-hybridized carbons (Fsp3) is 1.00. The number of ether oxygens (including phenoxy) is 3. The number of rotatable bonds is 9. The van der Waals surface area contributed by atoms with E-state index < -0.39 is 17.9 Å². The maximum atomic E-state index is 10.4. The minimum absolute atomic E-state index is 0.178. The summed E-state index contributed by atoms with van der Waals surface area (Å²) in [5.41, 5.74) is 0. The molecule has 0 radical (unpaired) electrons. The van der Waals surface area contributed by atoms with Gasteiger partial charge >= 0.3 is 0 Å². The van der Waals surface area contributed by atoms with Gasteiger partial charge in [0.25, 0.3) is 0 Å². The molecule has 0 bridgehead atoms. The van der Waals surface area contributed by atoms with Crippen molar-refractivity contribution in [3.63, 3.8) is 0 Å². The average molecular weight is 266 g/mol. The highest BCUT2D eigenvalue weighted by Crippen LogP contribution is 2.33.